The molecule has 0 radical (unpaired) electrons. The van der Waals surface area contributed by atoms with Crippen LogP contribution in [0.1, 0.15) is 44.3 Å². The van der Waals surface area contributed by atoms with Crippen molar-refractivity contribution in [1.82, 2.24) is 19.1 Å². The zero-order valence-corrected chi connectivity index (χ0v) is 13.5. The van der Waals surface area contributed by atoms with Crippen molar-refractivity contribution in [2.45, 2.75) is 44.9 Å². The standard InChI is InChI=1S/C15H22N4O4/c1-18-13-12(14(22)19(2)15(18)23)16-10(17-13)8-6-4-3-5-7-9-11(20)21/h3-9H2,1-2H3,(H,16,17)(H,20,21). The van der Waals surface area contributed by atoms with Crippen LogP contribution in [0.15, 0.2) is 9.59 Å². The first-order chi connectivity index (χ1) is 10.9. The minimum atomic E-state index is -0.750. The molecule has 23 heavy (non-hydrogen) atoms. The Morgan fingerprint density at radius 3 is 2.43 bits per heavy atom. The number of hydrogen-bond donors (Lipinski definition) is 2. The molecule has 8 heteroatoms. The number of nitrogens with one attached hydrogen (secondary N) is 1. The third-order valence-electron chi connectivity index (χ3n) is 3.95. The molecule has 2 N–H and O–H groups in total. The second-order valence-electron chi connectivity index (χ2n) is 5.75. The van der Waals surface area contributed by atoms with Crippen LogP contribution in [0.3, 0.4) is 0 Å². The first kappa shape index (κ1) is 17.0. The number of imidazole rings is 1. The largest absolute Gasteiger partial charge is 0.481 e. The number of aryl methyl sites for hydroxylation is 2. The molecule has 0 saturated carbocycles. The van der Waals surface area contributed by atoms with Crippen LogP contribution in [0, 0.1) is 0 Å². The summed E-state index contributed by atoms with van der Waals surface area (Å²) in [6, 6.07) is 0. The number of hydrogen-bond acceptors (Lipinski definition) is 4. The number of aromatic amines is 1. The minimum absolute atomic E-state index is 0.223. The SMILES string of the molecule is Cn1c(=O)c2[nH]c(CCCCCCCC(=O)O)nc2n(C)c1=O. The van der Waals surface area contributed by atoms with Gasteiger partial charge in [-0.3, -0.25) is 18.7 Å². The number of H-pyrrole nitrogens is 1. The van der Waals surface area contributed by atoms with Crippen molar-refractivity contribution in [2.24, 2.45) is 14.1 Å². The summed E-state index contributed by atoms with van der Waals surface area (Å²) < 4.78 is 2.43. The fourth-order valence-corrected chi connectivity index (χ4v) is 2.59. The van der Waals surface area contributed by atoms with Gasteiger partial charge in [0.15, 0.2) is 5.65 Å². The molecule has 0 unspecified atom stereocenters. The van der Waals surface area contributed by atoms with Crippen molar-refractivity contribution in [1.29, 1.82) is 0 Å². The van der Waals surface area contributed by atoms with Crippen LogP contribution < -0.4 is 11.2 Å². The van der Waals surface area contributed by atoms with Gasteiger partial charge in [0.2, 0.25) is 0 Å². The lowest BCUT2D eigenvalue weighted by molar-refractivity contribution is -0.137. The number of carboxylic acid groups (broad SMARTS) is 1. The molecule has 0 aliphatic rings. The third kappa shape index (κ3) is 3.88. The van der Waals surface area contributed by atoms with Gasteiger partial charge in [0.25, 0.3) is 5.56 Å². The van der Waals surface area contributed by atoms with Gasteiger partial charge in [-0.1, -0.05) is 19.3 Å². The molecule has 0 aliphatic heterocycles. The van der Waals surface area contributed by atoms with Gasteiger partial charge in [-0.15, -0.1) is 0 Å². The molecule has 126 valence electrons. The maximum absolute atomic E-state index is 12.0. The van der Waals surface area contributed by atoms with Gasteiger partial charge < -0.3 is 10.1 Å². The summed E-state index contributed by atoms with van der Waals surface area (Å²) in [6.07, 6.45) is 5.40. The highest BCUT2D eigenvalue weighted by Gasteiger charge is 2.12. The van der Waals surface area contributed by atoms with Crippen LogP contribution in [0.2, 0.25) is 0 Å². The molecule has 8 nitrogen and oxygen atoms in total. The lowest BCUT2D eigenvalue weighted by Gasteiger charge is -2.00. The number of unbranched alkanes of at least 4 members (excludes halogenated alkanes) is 4. The molecule has 0 amide bonds. The summed E-state index contributed by atoms with van der Waals surface area (Å²) in [5.74, 6) is -0.0525. The van der Waals surface area contributed by atoms with Gasteiger partial charge in [0.1, 0.15) is 11.3 Å². The van der Waals surface area contributed by atoms with E-state index in [-0.39, 0.29) is 17.7 Å². The molecule has 2 rings (SSSR count). The molecule has 0 aromatic carbocycles. The number of aliphatic carboxylic acids is 1. The first-order valence-electron chi connectivity index (χ1n) is 7.78. The maximum Gasteiger partial charge on any atom is 0.332 e. The number of aromatic nitrogens is 4. The molecule has 0 aliphatic carbocycles. The van der Waals surface area contributed by atoms with Crippen molar-refractivity contribution >= 4 is 17.1 Å². The molecular formula is C15H22N4O4. The average molecular weight is 322 g/mol. The molecule has 0 bridgehead atoms. The third-order valence-corrected chi connectivity index (χ3v) is 3.95. The van der Waals surface area contributed by atoms with Gasteiger partial charge in [-0.25, -0.2) is 9.78 Å². The summed E-state index contributed by atoms with van der Waals surface area (Å²) in [5.41, 5.74) is -0.0184. The van der Waals surface area contributed by atoms with E-state index in [2.05, 4.69) is 9.97 Å². The molecule has 2 heterocycles. The van der Waals surface area contributed by atoms with Crippen molar-refractivity contribution in [3.05, 3.63) is 26.7 Å². The van der Waals surface area contributed by atoms with Gasteiger partial charge in [-0.2, -0.15) is 0 Å². The van der Waals surface area contributed by atoms with E-state index in [0.29, 0.717) is 29.8 Å². The second kappa shape index (κ2) is 7.26. The molecule has 2 aromatic heterocycles. The lowest BCUT2D eigenvalue weighted by atomic mass is 10.1. The van der Waals surface area contributed by atoms with Gasteiger partial charge in [0, 0.05) is 26.9 Å². The van der Waals surface area contributed by atoms with E-state index in [0.717, 1.165) is 30.3 Å². The fraction of sp³-hybridized carbons (Fsp3) is 0.600. The topological polar surface area (TPSA) is 110 Å². The molecule has 0 saturated heterocycles. The van der Waals surface area contributed by atoms with Crippen molar-refractivity contribution in [2.75, 3.05) is 0 Å². The predicted octanol–water partition coefficient (Wildman–Crippen LogP) is 0.928. The van der Waals surface area contributed by atoms with E-state index >= 15 is 0 Å². The highest BCUT2D eigenvalue weighted by atomic mass is 16.4. The minimum Gasteiger partial charge on any atom is -0.481 e. The van der Waals surface area contributed by atoms with Gasteiger partial charge >= 0.3 is 11.7 Å². The number of rotatable bonds is 8. The zero-order valence-electron chi connectivity index (χ0n) is 13.5. The van der Waals surface area contributed by atoms with Crippen LogP contribution >= 0.6 is 0 Å². The summed E-state index contributed by atoms with van der Waals surface area (Å²) in [4.78, 5) is 41.7. The van der Waals surface area contributed by atoms with Crippen molar-refractivity contribution in [3.63, 3.8) is 0 Å². The van der Waals surface area contributed by atoms with Crippen LogP contribution in [0.5, 0.6) is 0 Å². The Labute approximate surface area is 132 Å². The predicted molar refractivity (Wildman–Crippen MR) is 85.6 cm³/mol. The molecule has 0 spiro atoms. The lowest BCUT2D eigenvalue weighted by Crippen LogP contribution is -2.36. The number of carbonyl (C=O) groups is 1. The zero-order chi connectivity index (χ0) is 17.0. The quantitative estimate of drug-likeness (QED) is 0.702. The number of carboxylic acids is 1. The monoisotopic (exact) mass is 322 g/mol. The van der Waals surface area contributed by atoms with E-state index in [9.17, 15) is 14.4 Å². The van der Waals surface area contributed by atoms with Gasteiger partial charge in [0.05, 0.1) is 0 Å². The Morgan fingerprint density at radius 1 is 1.09 bits per heavy atom. The van der Waals surface area contributed by atoms with Crippen LogP contribution in [-0.4, -0.2) is 30.2 Å². The highest BCUT2D eigenvalue weighted by Crippen LogP contribution is 2.10. The summed E-state index contributed by atoms with van der Waals surface area (Å²) >= 11 is 0. The second-order valence-corrected chi connectivity index (χ2v) is 5.75. The van der Waals surface area contributed by atoms with Crippen molar-refractivity contribution < 1.29 is 9.90 Å². The molecule has 2 aromatic rings. The Hall–Kier alpha value is -2.38. The normalized spacial score (nSPS) is 11.2. The fourth-order valence-electron chi connectivity index (χ4n) is 2.59. The Balaban J connectivity index is 1.94. The summed E-state index contributed by atoms with van der Waals surface area (Å²) in [7, 11) is 3.04. The Kier molecular flexibility index (Phi) is 5.36. The highest BCUT2D eigenvalue weighted by molar-refractivity contribution is 5.69. The van der Waals surface area contributed by atoms with E-state index in [1.54, 1.807) is 7.05 Å². The van der Waals surface area contributed by atoms with Crippen LogP contribution in [0.4, 0.5) is 0 Å². The maximum atomic E-state index is 12.0. The summed E-state index contributed by atoms with van der Waals surface area (Å²) in [5, 5.41) is 8.55. The summed E-state index contributed by atoms with van der Waals surface area (Å²) in [6.45, 7) is 0. The smallest absolute Gasteiger partial charge is 0.332 e. The number of fused-ring (bicyclic) bond motifs is 1. The van der Waals surface area contributed by atoms with E-state index < -0.39 is 5.97 Å². The Morgan fingerprint density at radius 2 is 1.74 bits per heavy atom. The van der Waals surface area contributed by atoms with E-state index in [1.165, 1.54) is 11.6 Å². The van der Waals surface area contributed by atoms with E-state index in [1.807, 2.05) is 0 Å². The molecule has 0 fully saturated rings. The van der Waals surface area contributed by atoms with Crippen LogP contribution in [0.25, 0.3) is 11.2 Å². The molecular weight excluding hydrogens is 300 g/mol. The van der Waals surface area contributed by atoms with E-state index in [4.69, 9.17) is 5.11 Å². The molecule has 0 atom stereocenters. The average Bonchev–Trinajstić information content (AvgIpc) is 2.94. The Bertz CT molecular complexity index is 815. The van der Waals surface area contributed by atoms with Crippen LogP contribution in [-0.2, 0) is 25.3 Å². The van der Waals surface area contributed by atoms with Gasteiger partial charge in [-0.05, 0) is 12.8 Å². The first-order valence-corrected chi connectivity index (χ1v) is 7.78. The van der Waals surface area contributed by atoms with Crippen molar-refractivity contribution in [3.8, 4) is 0 Å². The number of nitrogens with zero attached hydrogens (tertiary/aromatic N) is 3.